The minimum atomic E-state index is -1.35. The number of fused-ring (bicyclic) bond motifs is 3. The van der Waals surface area contributed by atoms with Gasteiger partial charge in [0.25, 0.3) is 0 Å². The van der Waals surface area contributed by atoms with Gasteiger partial charge in [0.1, 0.15) is 11.4 Å². The Balaban J connectivity index is 0.00000306. The molecule has 8 nitrogen and oxygen atoms in total. The van der Waals surface area contributed by atoms with Crippen molar-refractivity contribution in [1.82, 2.24) is 9.88 Å². The molecule has 1 aromatic heterocycles. The maximum absolute atomic E-state index is 15.3. The van der Waals surface area contributed by atoms with Gasteiger partial charge in [-0.3, -0.25) is 9.59 Å². The molecule has 3 aromatic rings. The number of nitrogens with one attached hydrogen (secondary N) is 1. The number of benzene rings is 2. The maximum Gasteiger partial charge on any atom is 0.342 e. The number of aromatic nitrogens is 1. The van der Waals surface area contributed by atoms with E-state index in [1.807, 2.05) is 6.92 Å². The van der Waals surface area contributed by atoms with Gasteiger partial charge < -0.3 is 25.5 Å². The molecule has 11 heteroatoms. The zero-order valence-electron chi connectivity index (χ0n) is 17.7. The Morgan fingerprint density at radius 3 is 2.52 bits per heavy atom. The summed E-state index contributed by atoms with van der Waals surface area (Å²) in [4.78, 5) is 35.9. The molecule has 1 atom stereocenters. The molecule has 2 aromatic carbocycles. The van der Waals surface area contributed by atoms with Crippen molar-refractivity contribution in [2.75, 3.05) is 13.7 Å². The van der Waals surface area contributed by atoms with Crippen molar-refractivity contribution in [1.29, 1.82) is 0 Å². The van der Waals surface area contributed by atoms with E-state index in [1.165, 1.54) is 18.9 Å². The first kappa shape index (κ1) is 24.6. The number of halogens is 2. The Labute approximate surface area is 198 Å². The van der Waals surface area contributed by atoms with E-state index < -0.39 is 17.2 Å². The molecular weight excluding hydrogens is 473 g/mol. The molecule has 0 spiro atoms. The van der Waals surface area contributed by atoms with E-state index in [0.717, 1.165) is 11.6 Å². The van der Waals surface area contributed by atoms with Gasteiger partial charge in [-0.2, -0.15) is 0 Å². The molecule has 1 unspecified atom stereocenters. The number of pyridine rings is 1. The fraction of sp³-hybridized carbons (Fsp3) is 0.227. The van der Waals surface area contributed by atoms with Crippen LogP contribution < -0.4 is 21.2 Å². The van der Waals surface area contributed by atoms with Gasteiger partial charge in [-0.15, -0.1) is 12.4 Å². The number of nitrogens with two attached hydrogens (primary N) is 1. The van der Waals surface area contributed by atoms with Crippen LogP contribution in [0.25, 0.3) is 22.0 Å². The molecule has 33 heavy (non-hydrogen) atoms. The highest BCUT2D eigenvalue weighted by atomic mass is 35.5. The number of nitrogens with zero attached hydrogens (tertiary/aromatic N) is 1. The molecular formula is C22H21ClFN3O5S. The van der Waals surface area contributed by atoms with E-state index in [2.05, 4.69) is 5.32 Å². The van der Waals surface area contributed by atoms with Gasteiger partial charge in [0.05, 0.1) is 40.5 Å². The van der Waals surface area contributed by atoms with Crippen LogP contribution in [-0.2, 0) is 11.3 Å². The molecule has 0 bridgehead atoms. The van der Waals surface area contributed by atoms with Crippen molar-refractivity contribution >= 4 is 46.9 Å². The predicted molar refractivity (Wildman–Crippen MR) is 126 cm³/mol. The minimum absolute atomic E-state index is 0. The normalized spacial score (nSPS) is 14.1. The fourth-order valence-electron chi connectivity index (χ4n) is 3.83. The third-order valence-corrected chi connectivity index (χ3v) is 6.51. The summed E-state index contributed by atoms with van der Waals surface area (Å²) in [5, 5.41) is 12.3. The van der Waals surface area contributed by atoms with E-state index in [-0.39, 0.29) is 59.0 Å². The van der Waals surface area contributed by atoms with Crippen molar-refractivity contribution in [2.45, 2.75) is 23.9 Å². The molecule has 0 saturated heterocycles. The number of carboxylic acids is 1. The van der Waals surface area contributed by atoms with Gasteiger partial charge in [0, 0.05) is 6.54 Å². The molecule has 0 aliphatic carbocycles. The molecule has 4 rings (SSSR count). The average molecular weight is 494 g/mol. The smallest absolute Gasteiger partial charge is 0.342 e. The zero-order chi connectivity index (χ0) is 23.2. The summed E-state index contributed by atoms with van der Waals surface area (Å²) in [5.74, 6) is -2.17. The largest absolute Gasteiger partial charge is 0.494 e. The Hall–Kier alpha value is -3.08. The van der Waals surface area contributed by atoms with Crippen molar-refractivity contribution in [3.05, 3.63) is 57.5 Å². The Kier molecular flexibility index (Phi) is 7.01. The molecule has 0 saturated carbocycles. The second-order valence-corrected chi connectivity index (χ2v) is 8.55. The molecule has 1 aliphatic rings. The van der Waals surface area contributed by atoms with Gasteiger partial charge in [-0.05, 0) is 24.1 Å². The minimum Gasteiger partial charge on any atom is -0.494 e. The number of methoxy groups -OCH3 is 1. The number of hydrogen-bond donors (Lipinski definition) is 3. The summed E-state index contributed by atoms with van der Waals surface area (Å²) in [5.41, 5.74) is 6.01. The van der Waals surface area contributed by atoms with Crippen molar-refractivity contribution in [3.8, 4) is 16.9 Å². The van der Waals surface area contributed by atoms with Gasteiger partial charge in [-0.25, -0.2) is 9.18 Å². The topological polar surface area (TPSA) is 124 Å². The number of carbonyl (C=O) groups is 2. The van der Waals surface area contributed by atoms with Crippen LogP contribution >= 0.6 is 24.2 Å². The summed E-state index contributed by atoms with van der Waals surface area (Å²) < 4.78 is 22.5. The maximum atomic E-state index is 15.3. The van der Waals surface area contributed by atoms with E-state index in [4.69, 9.17) is 10.5 Å². The monoisotopic (exact) mass is 493 g/mol. The lowest BCUT2D eigenvalue weighted by Gasteiger charge is -2.33. The van der Waals surface area contributed by atoms with Crippen LogP contribution in [-0.4, -0.2) is 35.2 Å². The molecule has 0 radical (unpaired) electrons. The number of carbonyl (C=O) groups excluding carboxylic acids is 1. The highest BCUT2D eigenvalue weighted by Gasteiger charge is 2.35. The third kappa shape index (κ3) is 4.05. The molecule has 174 valence electrons. The van der Waals surface area contributed by atoms with Crippen LogP contribution in [0.15, 0.2) is 40.2 Å². The number of carboxylic acid groups (broad SMARTS) is 1. The molecule has 4 N–H and O–H groups in total. The third-order valence-electron chi connectivity index (χ3n) is 5.33. The number of thioether (sulfide) groups is 1. The number of amides is 1. The van der Waals surface area contributed by atoms with Gasteiger partial charge in [0.15, 0.2) is 5.75 Å². The fourth-order valence-corrected chi connectivity index (χ4v) is 4.97. The first-order valence-corrected chi connectivity index (χ1v) is 10.6. The van der Waals surface area contributed by atoms with Crippen LogP contribution in [0.2, 0.25) is 0 Å². The molecule has 1 amide bonds. The van der Waals surface area contributed by atoms with Crippen LogP contribution in [0.5, 0.6) is 5.75 Å². The van der Waals surface area contributed by atoms with Crippen molar-refractivity contribution in [3.63, 3.8) is 0 Å². The Morgan fingerprint density at radius 1 is 1.30 bits per heavy atom. The summed E-state index contributed by atoms with van der Waals surface area (Å²) >= 11 is 1.26. The highest BCUT2D eigenvalue weighted by molar-refractivity contribution is 8.00. The van der Waals surface area contributed by atoms with E-state index in [0.29, 0.717) is 16.1 Å². The summed E-state index contributed by atoms with van der Waals surface area (Å²) in [6.07, 6.45) is 0. The second-order valence-electron chi connectivity index (χ2n) is 7.24. The SMILES string of the molecule is COc1c(-c2ccc(CNC(=O)CN)cc2)c(F)cc2c(=O)c(C(=O)O)c3n(c12)C(C)S3.Cl. The van der Waals surface area contributed by atoms with E-state index in [1.54, 1.807) is 28.8 Å². The summed E-state index contributed by atoms with van der Waals surface area (Å²) in [6.45, 7) is 2.03. The number of hydrogen-bond acceptors (Lipinski definition) is 6. The van der Waals surface area contributed by atoms with Gasteiger partial charge >= 0.3 is 5.97 Å². The van der Waals surface area contributed by atoms with E-state index in [9.17, 15) is 19.5 Å². The lowest BCUT2D eigenvalue weighted by molar-refractivity contribution is -0.119. The van der Waals surface area contributed by atoms with Crippen LogP contribution in [0.1, 0.15) is 28.2 Å². The lowest BCUT2D eigenvalue weighted by atomic mass is 9.98. The van der Waals surface area contributed by atoms with Crippen LogP contribution in [0, 0.1) is 5.82 Å². The Bertz CT molecular complexity index is 1330. The van der Waals surface area contributed by atoms with Crippen molar-refractivity contribution < 1.29 is 23.8 Å². The van der Waals surface area contributed by atoms with Crippen LogP contribution in [0.3, 0.4) is 0 Å². The lowest BCUT2D eigenvalue weighted by Crippen LogP contribution is -2.29. The van der Waals surface area contributed by atoms with E-state index >= 15 is 4.39 Å². The van der Waals surface area contributed by atoms with Crippen LogP contribution in [0.4, 0.5) is 4.39 Å². The van der Waals surface area contributed by atoms with Crippen molar-refractivity contribution in [2.24, 2.45) is 5.73 Å². The number of rotatable bonds is 6. The highest BCUT2D eigenvalue weighted by Crippen LogP contribution is 2.49. The Morgan fingerprint density at radius 2 is 1.97 bits per heavy atom. The standard InChI is InChI=1S/C22H20FN3O5S.ClH/c1-10-26-18-13(19(28)17(22(29)30)21(26)32-10)7-14(23)16(20(18)31-2)12-5-3-11(4-6-12)9-25-15(27)8-24;/h3-7,10H,8-9,24H2,1-2H3,(H,25,27)(H,29,30);1H. The summed E-state index contributed by atoms with van der Waals surface area (Å²) in [7, 11) is 1.38. The summed E-state index contributed by atoms with van der Waals surface area (Å²) in [6, 6.07) is 7.93. The predicted octanol–water partition coefficient (Wildman–Crippen LogP) is 3.14. The van der Waals surface area contributed by atoms with Gasteiger partial charge in [0.2, 0.25) is 11.3 Å². The van der Waals surface area contributed by atoms with Gasteiger partial charge in [-0.1, -0.05) is 36.0 Å². The molecule has 1 aliphatic heterocycles. The average Bonchev–Trinajstić information content (AvgIpc) is 2.77. The first-order valence-electron chi connectivity index (χ1n) is 9.73. The first-order chi connectivity index (χ1) is 15.3. The number of aromatic carboxylic acids is 1. The quantitative estimate of drug-likeness (QED) is 0.482. The number of ether oxygens (including phenoxy) is 1. The zero-order valence-corrected chi connectivity index (χ0v) is 19.3. The molecule has 2 heterocycles. The second kappa shape index (κ2) is 9.42. The molecule has 0 fully saturated rings.